The van der Waals surface area contributed by atoms with E-state index in [0.29, 0.717) is 6.61 Å². The van der Waals surface area contributed by atoms with Crippen LogP contribution in [0.15, 0.2) is 30.5 Å². The van der Waals surface area contributed by atoms with Gasteiger partial charge in [-0.2, -0.15) is 0 Å². The molecule has 1 saturated heterocycles. The van der Waals surface area contributed by atoms with Crippen molar-refractivity contribution in [2.45, 2.75) is 45.7 Å². The Morgan fingerprint density at radius 3 is 2.65 bits per heavy atom. The zero-order valence-corrected chi connectivity index (χ0v) is 14.6. The molecule has 2 aromatic rings. The molecule has 1 atom stereocenters. The van der Waals surface area contributed by atoms with Crippen LogP contribution >= 0.6 is 0 Å². The van der Waals surface area contributed by atoms with Gasteiger partial charge in [0.2, 0.25) is 0 Å². The van der Waals surface area contributed by atoms with Crippen molar-refractivity contribution in [3.63, 3.8) is 0 Å². The highest BCUT2D eigenvalue weighted by atomic mass is 16.5. The lowest BCUT2D eigenvalue weighted by Crippen LogP contribution is -2.39. The van der Waals surface area contributed by atoms with Crippen LogP contribution < -0.4 is 0 Å². The van der Waals surface area contributed by atoms with Crippen molar-refractivity contribution in [1.82, 2.24) is 14.9 Å². The lowest BCUT2D eigenvalue weighted by molar-refractivity contribution is -0.0157. The lowest BCUT2D eigenvalue weighted by atomic mass is 9.93. The number of nitrogens with one attached hydrogen (secondary N) is 1. The summed E-state index contributed by atoms with van der Waals surface area (Å²) < 4.78 is 5.72. The number of aryl methyl sites for hydroxylation is 1. The van der Waals surface area contributed by atoms with E-state index >= 15 is 0 Å². The zero-order chi connectivity index (χ0) is 16.4. The summed E-state index contributed by atoms with van der Waals surface area (Å²) in [6.07, 6.45) is 1.97. The Morgan fingerprint density at radius 1 is 1.26 bits per heavy atom. The lowest BCUT2D eigenvalue weighted by Gasteiger charge is -2.34. The number of hydrogen-bond donors (Lipinski definition) is 1. The van der Waals surface area contributed by atoms with Gasteiger partial charge in [-0.3, -0.25) is 4.90 Å². The van der Waals surface area contributed by atoms with Crippen LogP contribution in [0.4, 0.5) is 0 Å². The molecule has 0 spiro atoms. The van der Waals surface area contributed by atoms with Crippen LogP contribution in [0.1, 0.15) is 49.5 Å². The molecule has 0 aliphatic carbocycles. The van der Waals surface area contributed by atoms with Crippen molar-refractivity contribution in [3.8, 4) is 0 Å². The molecule has 1 unspecified atom stereocenters. The highest BCUT2D eigenvalue weighted by Crippen LogP contribution is 2.27. The van der Waals surface area contributed by atoms with Gasteiger partial charge >= 0.3 is 0 Å². The van der Waals surface area contributed by atoms with E-state index in [4.69, 9.17) is 4.74 Å². The molecule has 1 aromatic heterocycles. The van der Waals surface area contributed by atoms with Gasteiger partial charge in [0.05, 0.1) is 19.3 Å². The number of morpholine rings is 1. The van der Waals surface area contributed by atoms with Crippen LogP contribution in [0.5, 0.6) is 0 Å². The maximum Gasteiger partial charge on any atom is 0.126 e. The Balaban J connectivity index is 1.78. The summed E-state index contributed by atoms with van der Waals surface area (Å²) in [5, 5.41) is 0. The zero-order valence-electron chi connectivity index (χ0n) is 14.6. The molecule has 0 radical (unpaired) electrons. The molecular weight excluding hydrogens is 286 g/mol. The predicted octanol–water partition coefficient (Wildman–Crippen LogP) is 3.59. The van der Waals surface area contributed by atoms with Crippen LogP contribution in [0.25, 0.3) is 0 Å². The standard InChI is InChI=1S/C19H27N3O/c1-14-5-7-15(8-6-14)12-22-9-10-23-13-16(22)18-20-11-17(21-18)19(2,3)4/h5-8,11,16H,9-10,12-13H2,1-4H3,(H,20,21). The smallest absolute Gasteiger partial charge is 0.126 e. The molecule has 0 amide bonds. The summed E-state index contributed by atoms with van der Waals surface area (Å²) in [5.41, 5.74) is 3.90. The molecule has 1 aromatic carbocycles. The van der Waals surface area contributed by atoms with Crippen molar-refractivity contribution in [2.24, 2.45) is 0 Å². The first-order valence-corrected chi connectivity index (χ1v) is 8.36. The Bertz CT molecular complexity index is 639. The van der Waals surface area contributed by atoms with Crippen molar-refractivity contribution in [2.75, 3.05) is 19.8 Å². The number of aromatic nitrogens is 2. The molecule has 0 saturated carbocycles. The largest absolute Gasteiger partial charge is 0.378 e. The third-order valence-corrected chi connectivity index (χ3v) is 4.46. The summed E-state index contributed by atoms with van der Waals surface area (Å²) in [4.78, 5) is 10.6. The molecule has 23 heavy (non-hydrogen) atoms. The van der Waals surface area contributed by atoms with Crippen LogP contribution in [0.3, 0.4) is 0 Å². The highest BCUT2D eigenvalue weighted by Gasteiger charge is 2.28. The van der Waals surface area contributed by atoms with E-state index in [1.807, 2.05) is 6.20 Å². The Labute approximate surface area is 138 Å². The third-order valence-electron chi connectivity index (χ3n) is 4.46. The number of benzene rings is 1. The van der Waals surface area contributed by atoms with E-state index in [2.05, 4.69) is 66.8 Å². The molecule has 124 valence electrons. The predicted molar refractivity (Wildman–Crippen MR) is 92.4 cm³/mol. The first-order chi connectivity index (χ1) is 10.9. The summed E-state index contributed by atoms with van der Waals surface area (Å²) in [7, 11) is 0. The van der Waals surface area contributed by atoms with E-state index in [0.717, 1.165) is 25.5 Å². The molecule has 2 heterocycles. The van der Waals surface area contributed by atoms with E-state index in [1.54, 1.807) is 0 Å². The second-order valence-electron chi connectivity index (χ2n) is 7.48. The topological polar surface area (TPSA) is 41.1 Å². The average Bonchev–Trinajstić information content (AvgIpc) is 3.00. The minimum absolute atomic E-state index is 0.0859. The average molecular weight is 313 g/mol. The number of rotatable bonds is 3. The number of ether oxygens (including phenoxy) is 1. The van der Waals surface area contributed by atoms with Gasteiger partial charge in [0.1, 0.15) is 5.82 Å². The van der Waals surface area contributed by atoms with E-state index in [9.17, 15) is 0 Å². The fourth-order valence-electron chi connectivity index (χ4n) is 2.89. The fourth-order valence-corrected chi connectivity index (χ4v) is 2.89. The van der Waals surface area contributed by atoms with E-state index in [-0.39, 0.29) is 11.5 Å². The summed E-state index contributed by atoms with van der Waals surface area (Å²) >= 11 is 0. The van der Waals surface area contributed by atoms with Crippen LogP contribution in [0.2, 0.25) is 0 Å². The molecule has 4 heteroatoms. The minimum Gasteiger partial charge on any atom is -0.378 e. The molecule has 1 aliphatic rings. The van der Waals surface area contributed by atoms with Gasteiger partial charge in [-0.1, -0.05) is 50.6 Å². The molecular formula is C19H27N3O. The summed E-state index contributed by atoms with van der Waals surface area (Å²) in [6, 6.07) is 8.97. The maximum absolute atomic E-state index is 5.72. The van der Waals surface area contributed by atoms with E-state index in [1.165, 1.54) is 16.8 Å². The second kappa shape index (κ2) is 6.46. The molecule has 4 nitrogen and oxygen atoms in total. The molecule has 1 aliphatic heterocycles. The maximum atomic E-state index is 5.72. The van der Waals surface area contributed by atoms with Gasteiger partial charge < -0.3 is 9.72 Å². The Kier molecular flexibility index (Phi) is 4.55. The fraction of sp³-hybridized carbons (Fsp3) is 0.526. The first-order valence-electron chi connectivity index (χ1n) is 8.36. The van der Waals surface area contributed by atoms with Gasteiger partial charge in [0.25, 0.3) is 0 Å². The van der Waals surface area contributed by atoms with E-state index < -0.39 is 0 Å². The van der Waals surface area contributed by atoms with Crippen molar-refractivity contribution in [3.05, 3.63) is 53.1 Å². The number of imidazole rings is 1. The monoisotopic (exact) mass is 313 g/mol. The van der Waals surface area contributed by atoms with Crippen LogP contribution in [-0.2, 0) is 16.7 Å². The van der Waals surface area contributed by atoms with Crippen molar-refractivity contribution in [1.29, 1.82) is 0 Å². The Hall–Kier alpha value is -1.65. The Morgan fingerprint density at radius 2 is 2.00 bits per heavy atom. The highest BCUT2D eigenvalue weighted by molar-refractivity contribution is 5.22. The third kappa shape index (κ3) is 3.82. The van der Waals surface area contributed by atoms with Gasteiger partial charge in [-0.05, 0) is 12.5 Å². The van der Waals surface area contributed by atoms with Crippen LogP contribution in [0, 0.1) is 6.92 Å². The first kappa shape index (κ1) is 16.2. The van der Waals surface area contributed by atoms with Crippen molar-refractivity contribution >= 4 is 0 Å². The van der Waals surface area contributed by atoms with Gasteiger partial charge in [-0.15, -0.1) is 0 Å². The normalized spacial score (nSPS) is 19.9. The summed E-state index contributed by atoms with van der Waals surface area (Å²) in [6.45, 7) is 12.1. The molecule has 1 N–H and O–H groups in total. The number of H-pyrrole nitrogens is 1. The minimum atomic E-state index is 0.0859. The number of nitrogens with zero attached hydrogens (tertiary/aromatic N) is 2. The van der Waals surface area contributed by atoms with Crippen molar-refractivity contribution < 1.29 is 4.74 Å². The van der Waals surface area contributed by atoms with Gasteiger partial charge in [0.15, 0.2) is 0 Å². The van der Waals surface area contributed by atoms with Crippen LogP contribution in [-0.4, -0.2) is 34.6 Å². The second-order valence-corrected chi connectivity index (χ2v) is 7.48. The molecule has 0 bridgehead atoms. The van der Waals surface area contributed by atoms with Gasteiger partial charge in [0, 0.05) is 30.4 Å². The number of aromatic amines is 1. The SMILES string of the molecule is Cc1ccc(CN2CCOCC2c2ncc(C(C)(C)C)[nH]2)cc1. The van der Waals surface area contributed by atoms with Gasteiger partial charge in [-0.25, -0.2) is 4.98 Å². The molecule has 1 fully saturated rings. The quantitative estimate of drug-likeness (QED) is 0.941. The summed E-state index contributed by atoms with van der Waals surface area (Å²) in [5.74, 6) is 1.02. The molecule has 3 rings (SSSR count). The number of hydrogen-bond acceptors (Lipinski definition) is 3.